The topological polar surface area (TPSA) is 41.6 Å². The van der Waals surface area contributed by atoms with E-state index in [4.69, 9.17) is 0 Å². The first-order valence-corrected chi connectivity index (χ1v) is 5.16. The third-order valence-electron chi connectivity index (χ3n) is 3.29. The second-order valence-corrected chi connectivity index (χ2v) is 4.40. The first-order valence-electron chi connectivity index (χ1n) is 5.16. The molecule has 0 aromatic heterocycles. The molecule has 7 heteroatoms. The van der Waals surface area contributed by atoms with E-state index >= 15 is 0 Å². The van der Waals surface area contributed by atoms with Gasteiger partial charge in [0.15, 0.2) is 0 Å². The number of ether oxygens (including phenoxy) is 1. The molecule has 1 N–H and O–H groups in total. The Morgan fingerprint density at radius 3 is 2.19 bits per heavy atom. The van der Waals surface area contributed by atoms with Gasteiger partial charge in [-0.1, -0.05) is 0 Å². The molecule has 2 aliphatic heterocycles. The molecule has 0 aliphatic carbocycles. The maximum atomic E-state index is 11.8. The smallest absolute Gasteiger partial charge is 0.356 e. The minimum absolute atomic E-state index is 0.203. The highest BCUT2D eigenvalue weighted by Crippen LogP contribution is 2.35. The molecule has 0 aromatic carbocycles. The van der Waals surface area contributed by atoms with Crippen LogP contribution in [0.3, 0.4) is 0 Å². The number of alkyl halides is 3. The number of carbonyl (C=O) groups excluding carboxylic acids is 1. The SMILES string of the molecule is O=C(OC(F)(F)F)N1CCC2(CC1)CNC2. The van der Waals surface area contributed by atoms with Crippen molar-refractivity contribution in [3.63, 3.8) is 0 Å². The van der Waals surface area contributed by atoms with Crippen molar-refractivity contribution in [2.24, 2.45) is 5.41 Å². The molecule has 0 radical (unpaired) electrons. The summed E-state index contributed by atoms with van der Waals surface area (Å²) in [7, 11) is 0. The van der Waals surface area contributed by atoms with Gasteiger partial charge in [0.05, 0.1) is 0 Å². The first-order chi connectivity index (χ1) is 7.40. The molecule has 2 saturated heterocycles. The summed E-state index contributed by atoms with van der Waals surface area (Å²) in [5, 5.41) is 3.14. The van der Waals surface area contributed by atoms with E-state index in [2.05, 4.69) is 10.1 Å². The molecule has 1 amide bonds. The molecule has 16 heavy (non-hydrogen) atoms. The first kappa shape index (κ1) is 11.5. The fourth-order valence-electron chi connectivity index (χ4n) is 2.16. The van der Waals surface area contributed by atoms with Crippen LogP contribution in [0, 0.1) is 5.41 Å². The summed E-state index contributed by atoms with van der Waals surface area (Å²) < 4.78 is 38.8. The number of carbonyl (C=O) groups is 1. The maximum Gasteiger partial charge on any atom is 0.576 e. The van der Waals surface area contributed by atoms with E-state index < -0.39 is 12.5 Å². The van der Waals surface area contributed by atoms with Crippen molar-refractivity contribution < 1.29 is 22.7 Å². The van der Waals surface area contributed by atoms with Gasteiger partial charge in [-0.3, -0.25) is 0 Å². The zero-order valence-corrected chi connectivity index (χ0v) is 8.64. The predicted molar refractivity (Wildman–Crippen MR) is 48.6 cm³/mol. The standard InChI is InChI=1S/C9H13F3N2O2/c10-9(11,12)16-7(15)14-3-1-8(2-4-14)5-13-6-8/h13H,1-6H2. The largest absolute Gasteiger partial charge is 0.576 e. The lowest BCUT2D eigenvalue weighted by Gasteiger charge is -2.47. The van der Waals surface area contributed by atoms with Crippen LogP contribution < -0.4 is 5.32 Å². The van der Waals surface area contributed by atoms with Gasteiger partial charge in [-0.15, -0.1) is 13.2 Å². The maximum absolute atomic E-state index is 11.8. The van der Waals surface area contributed by atoms with Gasteiger partial charge in [-0.2, -0.15) is 0 Å². The van der Waals surface area contributed by atoms with Gasteiger partial charge in [-0.25, -0.2) is 4.79 Å². The molecular formula is C9H13F3N2O2. The van der Waals surface area contributed by atoms with Crippen molar-refractivity contribution in [2.45, 2.75) is 19.2 Å². The van der Waals surface area contributed by atoms with Crippen LogP contribution in [0.15, 0.2) is 0 Å². The lowest BCUT2D eigenvalue weighted by molar-refractivity contribution is -0.295. The Balaban J connectivity index is 1.82. The Labute approximate surface area is 90.7 Å². The molecule has 2 heterocycles. The minimum atomic E-state index is -4.88. The second kappa shape index (κ2) is 3.80. The lowest BCUT2D eigenvalue weighted by Crippen LogP contribution is -2.59. The molecule has 1 spiro atoms. The lowest BCUT2D eigenvalue weighted by atomic mass is 9.73. The van der Waals surface area contributed by atoms with Crippen molar-refractivity contribution in [2.75, 3.05) is 26.2 Å². The van der Waals surface area contributed by atoms with E-state index in [0.29, 0.717) is 13.1 Å². The summed E-state index contributed by atoms with van der Waals surface area (Å²) in [6.07, 6.45) is -4.68. The van der Waals surface area contributed by atoms with Crippen molar-refractivity contribution in [1.82, 2.24) is 10.2 Å². The summed E-state index contributed by atoms with van der Waals surface area (Å²) in [6, 6.07) is 0. The number of rotatable bonds is 0. The van der Waals surface area contributed by atoms with Gasteiger partial charge in [-0.05, 0) is 18.3 Å². The van der Waals surface area contributed by atoms with E-state index in [1.807, 2.05) is 0 Å². The van der Waals surface area contributed by atoms with E-state index in [1.165, 1.54) is 0 Å². The average Bonchev–Trinajstić information content (AvgIpc) is 2.13. The molecule has 2 fully saturated rings. The van der Waals surface area contributed by atoms with Crippen LogP contribution in [0.25, 0.3) is 0 Å². The van der Waals surface area contributed by atoms with E-state index in [-0.39, 0.29) is 5.41 Å². The number of halogens is 3. The zero-order valence-electron chi connectivity index (χ0n) is 8.64. The zero-order chi connectivity index (χ0) is 11.8. The van der Waals surface area contributed by atoms with Crippen LogP contribution in [0.1, 0.15) is 12.8 Å². The van der Waals surface area contributed by atoms with Gasteiger partial charge < -0.3 is 15.0 Å². The Morgan fingerprint density at radius 2 is 1.81 bits per heavy atom. The van der Waals surface area contributed by atoms with Gasteiger partial charge in [0, 0.05) is 26.2 Å². The van der Waals surface area contributed by atoms with Crippen molar-refractivity contribution in [1.29, 1.82) is 0 Å². The highest BCUT2D eigenvalue weighted by molar-refractivity contribution is 5.67. The van der Waals surface area contributed by atoms with Crippen LogP contribution in [0.2, 0.25) is 0 Å². The Morgan fingerprint density at radius 1 is 1.25 bits per heavy atom. The molecule has 0 saturated carbocycles. The highest BCUT2D eigenvalue weighted by Gasteiger charge is 2.42. The van der Waals surface area contributed by atoms with E-state index in [0.717, 1.165) is 30.8 Å². The number of piperidine rings is 1. The number of hydrogen-bond acceptors (Lipinski definition) is 3. The number of likely N-dealkylation sites (tertiary alicyclic amines) is 1. The van der Waals surface area contributed by atoms with E-state index in [9.17, 15) is 18.0 Å². The van der Waals surface area contributed by atoms with Crippen molar-refractivity contribution >= 4 is 6.09 Å². The monoisotopic (exact) mass is 238 g/mol. The fourth-order valence-corrected chi connectivity index (χ4v) is 2.16. The van der Waals surface area contributed by atoms with E-state index in [1.54, 1.807) is 0 Å². The highest BCUT2D eigenvalue weighted by atomic mass is 19.4. The van der Waals surface area contributed by atoms with Crippen LogP contribution in [0.4, 0.5) is 18.0 Å². The molecule has 2 aliphatic rings. The summed E-state index contributed by atoms with van der Waals surface area (Å²) in [5.41, 5.74) is 0.203. The van der Waals surface area contributed by atoms with Gasteiger partial charge in [0.25, 0.3) is 0 Å². The Bertz CT molecular complexity index is 279. The summed E-state index contributed by atoms with van der Waals surface area (Å²) >= 11 is 0. The molecule has 4 nitrogen and oxygen atoms in total. The Hall–Kier alpha value is -0.980. The minimum Gasteiger partial charge on any atom is -0.356 e. The molecular weight excluding hydrogens is 225 g/mol. The van der Waals surface area contributed by atoms with Gasteiger partial charge in [0.2, 0.25) is 0 Å². The van der Waals surface area contributed by atoms with Crippen molar-refractivity contribution in [3.8, 4) is 0 Å². The normalized spacial score (nSPS) is 24.1. The quantitative estimate of drug-likeness (QED) is 0.692. The number of amides is 1. The summed E-state index contributed by atoms with van der Waals surface area (Å²) in [6.45, 7) is 2.48. The molecule has 2 rings (SSSR count). The average molecular weight is 238 g/mol. The number of hydrogen-bond donors (Lipinski definition) is 1. The third-order valence-corrected chi connectivity index (χ3v) is 3.29. The van der Waals surface area contributed by atoms with Gasteiger partial charge in [0.1, 0.15) is 0 Å². The van der Waals surface area contributed by atoms with Crippen LogP contribution >= 0.6 is 0 Å². The third kappa shape index (κ3) is 2.40. The molecule has 92 valence electrons. The predicted octanol–water partition coefficient (Wildman–Crippen LogP) is 1.33. The van der Waals surface area contributed by atoms with Gasteiger partial charge >= 0.3 is 12.5 Å². The van der Waals surface area contributed by atoms with Crippen LogP contribution in [0.5, 0.6) is 0 Å². The molecule has 0 aromatic rings. The molecule has 0 atom stereocenters. The second-order valence-electron chi connectivity index (χ2n) is 4.40. The summed E-state index contributed by atoms with van der Waals surface area (Å²) in [4.78, 5) is 12.2. The van der Waals surface area contributed by atoms with Crippen LogP contribution in [-0.4, -0.2) is 43.5 Å². The Kier molecular flexibility index (Phi) is 2.73. The van der Waals surface area contributed by atoms with Crippen molar-refractivity contribution in [3.05, 3.63) is 0 Å². The summed E-state index contributed by atoms with van der Waals surface area (Å²) in [5.74, 6) is 0. The number of nitrogens with zero attached hydrogens (tertiary/aromatic N) is 1. The molecule has 0 unspecified atom stereocenters. The fraction of sp³-hybridized carbons (Fsp3) is 0.889. The van der Waals surface area contributed by atoms with Crippen LogP contribution in [-0.2, 0) is 4.74 Å². The molecule has 0 bridgehead atoms. The number of nitrogens with one attached hydrogen (secondary N) is 1.